The summed E-state index contributed by atoms with van der Waals surface area (Å²) in [5, 5.41) is 20.0. The van der Waals surface area contributed by atoms with E-state index in [-0.39, 0.29) is 13.2 Å². The van der Waals surface area contributed by atoms with Crippen molar-refractivity contribution in [1.82, 2.24) is 0 Å². The smallest absolute Gasteiger partial charge is 0.197 e. The van der Waals surface area contributed by atoms with Crippen LogP contribution in [0.15, 0.2) is 20.3 Å². The standard InChI is InChI=1S/C11H12BrNO3S2/c12-7-6-18-11-8(17)5-9(16-10(7)11)13(1-3-14)2-4-15/h5-6,14-15H,1-4H2. The number of anilines is 1. The van der Waals surface area contributed by atoms with Gasteiger partial charge in [0.2, 0.25) is 0 Å². The molecule has 0 aliphatic heterocycles. The number of fused-ring (bicyclic) bond motifs is 1. The Morgan fingerprint density at radius 2 is 2.00 bits per heavy atom. The molecule has 2 aromatic rings. The van der Waals surface area contributed by atoms with Gasteiger partial charge in [-0.2, -0.15) is 0 Å². The number of nitrogens with zero attached hydrogens (tertiary/aromatic N) is 1. The molecule has 7 heteroatoms. The number of rotatable bonds is 5. The Labute approximate surface area is 122 Å². The molecule has 0 aromatic carbocycles. The predicted octanol–water partition coefficient (Wildman–Crippen LogP) is 2.78. The lowest BCUT2D eigenvalue weighted by Gasteiger charge is -2.21. The SMILES string of the molecule is OCCN(CCO)c1cc(=S)c2scc(Br)c2o1. The van der Waals surface area contributed by atoms with Crippen LogP contribution in [0.1, 0.15) is 0 Å². The summed E-state index contributed by atoms with van der Waals surface area (Å²) in [6.45, 7) is 0.772. The molecule has 2 aromatic heterocycles. The van der Waals surface area contributed by atoms with Gasteiger partial charge in [-0.25, -0.2) is 0 Å². The van der Waals surface area contributed by atoms with Crippen molar-refractivity contribution in [2.24, 2.45) is 0 Å². The van der Waals surface area contributed by atoms with Gasteiger partial charge in [0.05, 0.1) is 26.9 Å². The Morgan fingerprint density at radius 1 is 1.33 bits per heavy atom. The Kier molecular flexibility index (Phi) is 4.74. The molecule has 0 saturated heterocycles. The molecule has 0 saturated carbocycles. The maximum Gasteiger partial charge on any atom is 0.197 e. The molecule has 0 bridgehead atoms. The molecule has 0 aliphatic rings. The number of thiophene rings is 1. The molecule has 4 nitrogen and oxygen atoms in total. The zero-order valence-corrected chi connectivity index (χ0v) is 12.6. The highest BCUT2D eigenvalue weighted by atomic mass is 79.9. The van der Waals surface area contributed by atoms with E-state index < -0.39 is 0 Å². The van der Waals surface area contributed by atoms with Gasteiger partial charge in [0.15, 0.2) is 11.5 Å². The molecule has 2 rings (SSSR count). The number of hydrogen-bond acceptors (Lipinski definition) is 6. The number of aliphatic hydroxyl groups is 2. The summed E-state index contributed by atoms with van der Waals surface area (Å²) in [5.41, 5.74) is 0.711. The van der Waals surface area contributed by atoms with Crippen LogP contribution in [0.2, 0.25) is 0 Å². The van der Waals surface area contributed by atoms with Crippen LogP contribution in [-0.2, 0) is 0 Å². The van der Waals surface area contributed by atoms with E-state index >= 15 is 0 Å². The van der Waals surface area contributed by atoms with Crippen LogP contribution in [0.5, 0.6) is 0 Å². The third-order valence-corrected chi connectivity index (χ3v) is 4.78. The lowest BCUT2D eigenvalue weighted by Crippen LogP contribution is -2.29. The van der Waals surface area contributed by atoms with Gasteiger partial charge in [-0.15, -0.1) is 11.3 Å². The zero-order valence-electron chi connectivity index (χ0n) is 9.43. The third kappa shape index (κ3) is 2.75. The van der Waals surface area contributed by atoms with E-state index in [0.29, 0.717) is 29.1 Å². The van der Waals surface area contributed by atoms with Crippen LogP contribution in [0.3, 0.4) is 0 Å². The van der Waals surface area contributed by atoms with Gasteiger partial charge >= 0.3 is 0 Å². The number of aliphatic hydroxyl groups excluding tert-OH is 2. The summed E-state index contributed by atoms with van der Waals surface area (Å²) in [6.07, 6.45) is 0. The predicted molar refractivity (Wildman–Crippen MR) is 79.0 cm³/mol. The highest BCUT2D eigenvalue weighted by molar-refractivity contribution is 9.10. The minimum absolute atomic E-state index is 0.00880. The van der Waals surface area contributed by atoms with Gasteiger partial charge in [0, 0.05) is 24.5 Å². The topological polar surface area (TPSA) is 56.8 Å². The van der Waals surface area contributed by atoms with Gasteiger partial charge in [0.1, 0.15) is 0 Å². The number of hydrogen-bond donors (Lipinski definition) is 2. The van der Waals surface area contributed by atoms with E-state index in [0.717, 1.165) is 9.17 Å². The Morgan fingerprint density at radius 3 is 2.61 bits per heavy atom. The van der Waals surface area contributed by atoms with Crippen molar-refractivity contribution in [2.45, 2.75) is 0 Å². The second kappa shape index (κ2) is 6.12. The molecule has 18 heavy (non-hydrogen) atoms. The molecule has 0 radical (unpaired) electrons. The van der Waals surface area contributed by atoms with Crippen LogP contribution >= 0.6 is 39.5 Å². The summed E-state index contributed by atoms with van der Waals surface area (Å²) in [6, 6.07) is 1.76. The molecular weight excluding hydrogens is 338 g/mol. The largest absolute Gasteiger partial charge is 0.438 e. The van der Waals surface area contributed by atoms with E-state index in [9.17, 15) is 0 Å². The first-order valence-electron chi connectivity index (χ1n) is 5.35. The molecule has 0 fully saturated rings. The quantitative estimate of drug-likeness (QED) is 0.813. The van der Waals surface area contributed by atoms with Crippen LogP contribution in [0, 0.1) is 4.51 Å². The maximum atomic E-state index is 9.02. The maximum absolute atomic E-state index is 9.02. The fraction of sp³-hybridized carbons (Fsp3) is 0.364. The van der Waals surface area contributed by atoms with Crippen molar-refractivity contribution in [3.8, 4) is 0 Å². The lowest BCUT2D eigenvalue weighted by atomic mass is 10.4. The molecule has 0 aliphatic carbocycles. The third-order valence-electron chi connectivity index (χ3n) is 2.44. The van der Waals surface area contributed by atoms with Gasteiger partial charge in [-0.05, 0) is 15.9 Å². The van der Waals surface area contributed by atoms with E-state index in [1.165, 1.54) is 11.3 Å². The second-order valence-corrected chi connectivity index (χ2v) is 5.80. The monoisotopic (exact) mass is 349 g/mol. The molecule has 98 valence electrons. The van der Waals surface area contributed by atoms with Crippen molar-refractivity contribution in [3.05, 3.63) is 20.4 Å². The lowest BCUT2D eigenvalue weighted by molar-refractivity contribution is 0.277. The summed E-state index contributed by atoms with van der Waals surface area (Å²) in [7, 11) is 0. The second-order valence-electron chi connectivity index (χ2n) is 3.63. The Balaban J connectivity index is 2.49. The van der Waals surface area contributed by atoms with Gasteiger partial charge in [-0.3, -0.25) is 0 Å². The molecule has 2 heterocycles. The van der Waals surface area contributed by atoms with Crippen LogP contribution in [-0.4, -0.2) is 36.5 Å². The molecular formula is C11H12BrNO3S2. The summed E-state index contributed by atoms with van der Waals surface area (Å²) >= 11 is 10.3. The van der Waals surface area contributed by atoms with E-state index in [1.54, 1.807) is 11.0 Å². The van der Waals surface area contributed by atoms with Crippen molar-refractivity contribution >= 4 is 55.7 Å². The van der Waals surface area contributed by atoms with Crippen LogP contribution in [0.25, 0.3) is 10.3 Å². The molecule has 0 atom stereocenters. The molecule has 0 amide bonds. The fourth-order valence-electron chi connectivity index (χ4n) is 1.63. The van der Waals surface area contributed by atoms with Crippen molar-refractivity contribution in [2.75, 3.05) is 31.2 Å². The van der Waals surface area contributed by atoms with Crippen molar-refractivity contribution < 1.29 is 14.6 Å². The van der Waals surface area contributed by atoms with Crippen LogP contribution in [0.4, 0.5) is 5.88 Å². The summed E-state index contributed by atoms with van der Waals surface area (Å²) < 4.78 is 8.28. The fourth-order valence-corrected chi connectivity index (χ4v) is 3.42. The minimum atomic E-state index is -0.00880. The van der Waals surface area contributed by atoms with E-state index in [4.69, 9.17) is 26.8 Å². The van der Waals surface area contributed by atoms with E-state index in [1.807, 2.05) is 5.38 Å². The highest BCUT2D eigenvalue weighted by Gasteiger charge is 2.13. The van der Waals surface area contributed by atoms with Gasteiger partial charge < -0.3 is 19.5 Å². The summed E-state index contributed by atoms with van der Waals surface area (Å²) in [5.74, 6) is 0.565. The van der Waals surface area contributed by atoms with Gasteiger partial charge in [0.25, 0.3) is 0 Å². The van der Waals surface area contributed by atoms with E-state index in [2.05, 4.69) is 15.9 Å². The first-order chi connectivity index (χ1) is 8.67. The average Bonchev–Trinajstić information content (AvgIpc) is 2.72. The molecule has 0 spiro atoms. The highest BCUT2D eigenvalue weighted by Crippen LogP contribution is 2.34. The first kappa shape index (κ1) is 14.0. The number of halogens is 1. The normalized spacial score (nSPS) is 11.1. The summed E-state index contributed by atoms with van der Waals surface area (Å²) in [4.78, 5) is 1.76. The minimum Gasteiger partial charge on any atom is -0.438 e. The first-order valence-corrected chi connectivity index (χ1v) is 7.43. The molecule has 2 N–H and O–H groups in total. The Bertz CT molecular complexity index is 589. The zero-order chi connectivity index (χ0) is 13.1. The van der Waals surface area contributed by atoms with Crippen LogP contribution < -0.4 is 4.90 Å². The van der Waals surface area contributed by atoms with Crippen molar-refractivity contribution in [3.63, 3.8) is 0 Å². The van der Waals surface area contributed by atoms with Gasteiger partial charge in [-0.1, -0.05) is 12.2 Å². The Hall–Kier alpha value is -0.470. The average molecular weight is 350 g/mol. The molecule has 0 unspecified atom stereocenters. The van der Waals surface area contributed by atoms with Crippen molar-refractivity contribution in [1.29, 1.82) is 0 Å².